The molecule has 88 valence electrons. The summed E-state index contributed by atoms with van der Waals surface area (Å²) in [6.45, 7) is 0. The molecule has 0 fully saturated rings. The van der Waals surface area contributed by atoms with Crippen LogP contribution in [0.15, 0.2) is 18.2 Å². The molecule has 1 aromatic heterocycles. The van der Waals surface area contributed by atoms with Gasteiger partial charge in [0, 0.05) is 22.3 Å². The number of carbonyl (C=O) groups is 1. The molecule has 0 bridgehead atoms. The summed E-state index contributed by atoms with van der Waals surface area (Å²) in [6.07, 6.45) is 4.93. The predicted octanol–water partition coefficient (Wildman–Crippen LogP) is 4.12. The molecule has 0 spiro atoms. The van der Waals surface area contributed by atoms with Gasteiger partial charge in [-0.3, -0.25) is 4.79 Å². The van der Waals surface area contributed by atoms with Crippen LogP contribution in [0.1, 0.15) is 41.7 Å². The van der Waals surface area contributed by atoms with Gasteiger partial charge in [0.1, 0.15) is 0 Å². The van der Waals surface area contributed by atoms with Crippen LogP contribution in [0.2, 0.25) is 5.02 Å². The Morgan fingerprint density at radius 3 is 2.82 bits per heavy atom. The molecule has 1 aromatic carbocycles. The lowest BCUT2D eigenvalue weighted by atomic mass is 9.96. The third-order valence-corrected chi connectivity index (χ3v) is 3.71. The Balaban J connectivity index is 2.24. The van der Waals surface area contributed by atoms with Gasteiger partial charge in [0.25, 0.3) is 0 Å². The van der Waals surface area contributed by atoms with Crippen molar-refractivity contribution in [1.29, 1.82) is 0 Å². The van der Waals surface area contributed by atoms with Gasteiger partial charge in [0.05, 0.1) is 5.69 Å². The molecule has 0 atom stereocenters. The average Bonchev–Trinajstić information content (AvgIpc) is 2.64. The lowest BCUT2D eigenvalue weighted by molar-refractivity contribution is 0.0972. The van der Waals surface area contributed by atoms with Gasteiger partial charge in [0.15, 0.2) is 5.78 Å². The van der Waals surface area contributed by atoms with E-state index in [2.05, 4.69) is 4.98 Å². The number of Topliss-reactive ketones (excluding diaryl/α,β-unsaturated/α-hetero) is 1. The molecule has 1 N–H and O–H groups in total. The van der Waals surface area contributed by atoms with Crippen molar-refractivity contribution in [2.45, 2.75) is 32.1 Å². The summed E-state index contributed by atoms with van der Waals surface area (Å²) in [4.78, 5) is 15.3. The Kier molecular flexibility index (Phi) is 2.67. The second-order valence-electron chi connectivity index (χ2n) is 4.65. The van der Waals surface area contributed by atoms with E-state index < -0.39 is 0 Å². The van der Waals surface area contributed by atoms with Gasteiger partial charge in [0.2, 0.25) is 0 Å². The zero-order chi connectivity index (χ0) is 11.8. The molecule has 3 heteroatoms. The minimum atomic E-state index is 0.243. The van der Waals surface area contributed by atoms with Crippen LogP contribution in [-0.4, -0.2) is 10.8 Å². The number of aromatic nitrogens is 1. The number of aryl methyl sites for hydroxylation is 1. The summed E-state index contributed by atoms with van der Waals surface area (Å²) in [7, 11) is 0. The van der Waals surface area contributed by atoms with Crippen molar-refractivity contribution in [1.82, 2.24) is 4.98 Å². The lowest BCUT2D eigenvalue weighted by Crippen LogP contribution is -2.06. The van der Waals surface area contributed by atoms with Crippen LogP contribution in [0.25, 0.3) is 10.9 Å². The molecule has 1 heterocycles. The van der Waals surface area contributed by atoms with Gasteiger partial charge in [-0.15, -0.1) is 0 Å². The van der Waals surface area contributed by atoms with E-state index in [0.717, 1.165) is 52.9 Å². The van der Waals surface area contributed by atoms with E-state index in [1.54, 1.807) is 0 Å². The van der Waals surface area contributed by atoms with Crippen LogP contribution in [0.5, 0.6) is 0 Å². The number of aromatic amines is 1. The smallest absolute Gasteiger partial charge is 0.179 e. The standard InChI is InChI=1S/C14H14ClNO/c15-9-6-7-12-11(8-9)10-4-2-1-3-5-13(17)14(10)16-12/h6-8,16H,1-5H2. The molecule has 2 nitrogen and oxygen atoms in total. The van der Waals surface area contributed by atoms with Crippen LogP contribution in [0.3, 0.4) is 0 Å². The van der Waals surface area contributed by atoms with Gasteiger partial charge in [-0.05, 0) is 43.0 Å². The van der Waals surface area contributed by atoms with Crippen molar-refractivity contribution >= 4 is 28.3 Å². The van der Waals surface area contributed by atoms with Crippen LogP contribution < -0.4 is 0 Å². The Morgan fingerprint density at radius 2 is 1.94 bits per heavy atom. The van der Waals surface area contributed by atoms with E-state index in [1.807, 2.05) is 18.2 Å². The fraction of sp³-hybridized carbons (Fsp3) is 0.357. The number of benzene rings is 1. The number of rotatable bonds is 0. The molecule has 0 unspecified atom stereocenters. The third-order valence-electron chi connectivity index (χ3n) is 3.48. The lowest BCUT2D eigenvalue weighted by Gasteiger charge is -2.08. The molecule has 0 saturated carbocycles. The number of ketones is 1. The predicted molar refractivity (Wildman–Crippen MR) is 69.8 cm³/mol. The minimum Gasteiger partial charge on any atom is -0.352 e. The quantitative estimate of drug-likeness (QED) is 0.746. The van der Waals surface area contributed by atoms with Crippen LogP contribution in [-0.2, 0) is 6.42 Å². The zero-order valence-corrected chi connectivity index (χ0v) is 10.3. The fourth-order valence-electron chi connectivity index (χ4n) is 2.61. The molecular weight excluding hydrogens is 234 g/mol. The summed E-state index contributed by atoms with van der Waals surface area (Å²) < 4.78 is 0. The Bertz CT molecular complexity index is 585. The fourth-order valence-corrected chi connectivity index (χ4v) is 2.78. The minimum absolute atomic E-state index is 0.243. The molecule has 2 aromatic rings. The van der Waals surface area contributed by atoms with Crippen molar-refractivity contribution in [2.75, 3.05) is 0 Å². The summed E-state index contributed by atoms with van der Waals surface area (Å²) in [5, 5.41) is 1.84. The number of hydrogen-bond donors (Lipinski definition) is 1. The first-order chi connectivity index (χ1) is 8.25. The normalized spacial score (nSPS) is 16.6. The highest BCUT2D eigenvalue weighted by Gasteiger charge is 2.19. The second-order valence-corrected chi connectivity index (χ2v) is 5.09. The van der Waals surface area contributed by atoms with Crippen molar-refractivity contribution in [2.24, 2.45) is 0 Å². The second kappa shape index (κ2) is 4.19. The summed E-state index contributed by atoms with van der Waals surface area (Å²) >= 11 is 6.03. The number of hydrogen-bond acceptors (Lipinski definition) is 1. The van der Waals surface area contributed by atoms with Gasteiger partial charge in [-0.1, -0.05) is 18.0 Å². The molecule has 0 amide bonds. The van der Waals surface area contributed by atoms with Gasteiger partial charge in [-0.25, -0.2) is 0 Å². The van der Waals surface area contributed by atoms with Crippen LogP contribution in [0, 0.1) is 0 Å². The van der Waals surface area contributed by atoms with Crippen LogP contribution in [0.4, 0.5) is 0 Å². The van der Waals surface area contributed by atoms with E-state index in [4.69, 9.17) is 11.6 Å². The Morgan fingerprint density at radius 1 is 1.12 bits per heavy atom. The highest BCUT2D eigenvalue weighted by Crippen LogP contribution is 2.29. The van der Waals surface area contributed by atoms with Crippen molar-refractivity contribution in [3.63, 3.8) is 0 Å². The number of nitrogens with one attached hydrogen (secondary N) is 1. The summed E-state index contributed by atoms with van der Waals surface area (Å²) in [6, 6.07) is 5.77. The van der Waals surface area contributed by atoms with E-state index in [-0.39, 0.29) is 5.78 Å². The number of H-pyrrole nitrogens is 1. The zero-order valence-electron chi connectivity index (χ0n) is 9.55. The van der Waals surface area contributed by atoms with E-state index in [9.17, 15) is 4.79 Å². The van der Waals surface area contributed by atoms with Gasteiger partial charge in [-0.2, -0.15) is 0 Å². The number of fused-ring (bicyclic) bond motifs is 3. The van der Waals surface area contributed by atoms with Crippen molar-refractivity contribution in [3.05, 3.63) is 34.5 Å². The molecule has 17 heavy (non-hydrogen) atoms. The Labute approximate surface area is 105 Å². The van der Waals surface area contributed by atoms with E-state index in [1.165, 1.54) is 0 Å². The van der Waals surface area contributed by atoms with E-state index in [0.29, 0.717) is 6.42 Å². The number of halogens is 1. The first-order valence-electron chi connectivity index (χ1n) is 6.09. The maximum Gasteiger partial charge on any atom is 0.179 e. The summed E-state index contributed by atoms with van der Waals surface area (Å²) in [5.74, 6) is 0.243. The first kappa shape index (κ1) is 10.8. The topological polar surface area (TPSA) is 32.9 Å². The molecule has 1 aliphatic rings. The highest BCUT2D eigenvalue weighted by molar-refractivity contribution is 6.31. The van der Waals surface area contributed by atoms with Gasteiger partial charge >= 0.3 is 0 Å². The van der Waals surface area contributed by atoms with Crippen molar-refractivity contribution < 1.29 is 4.79 Å². The highest BCUT2D eigenvalue weighted by atomic mass is 35.5. The SMILES string of the molecule is O=C1CCCCCc2c1[nH]c1ccc(Cl)cc21. The van der Waals surface area contributed by atoms with Crippen molar-refractivity contribution in [3.8, 4) is 0 Å². The largest absolute Gasteiger partial charge is 0.352 e. The maximum atomic E-state index is 12.0. The number of carbonyl (C=O) groups excluding carboxylic acids is 1. The molecule has 0 aliphatic heterocycles. The van der Waals surface area contributed by atoms with Gasteiger partial charge < -0.3 is 4.98 Å². The molecule has 1 aliphatic carbocycles. The monoisotopic (exact) mass is 247 g/mol. The van der Waals surface area contributed by atoms with Crippen LogP contribution >= 0.6 is 11.6 Å². The molecule has 0 saturated heterocycles. The molecular formula is C14H14ClNO. The average molecular weight is 248 g/mol. The molecule has 0 radical (unpaired) electrons. The summed E-state index contributed by atoms with van der Waals surface area (Å²) in [5.41, 5.74) is 2.99. The Hall–Kier alpha value is -1.28. The third kappa shape index (κ3) is 1.87. The van der Waals surface area contributed by atoms with E-state index >= 15 is 0 Å². The molecule has 3 rings (SSSR count). The maximum absolute atomic E-state index is 12.0. The first-order valence-corrected chi connectivity index (χ1v) is 6.47.